The molecule has 3 N–H and O–H groups in total. The summed E-state index contributed by atoms with van der Waals surface area (Å²) in [5.74, 6) is 6.14. The number of thiazole rings is 1. The smallest absolute Gasteiger partial charge is 0.197 e. The van der Waals surface area contributed by atoms with Crippen LogP contribution in [0.15, 0.2) is 22.8 Å². The van der Waals surface area contributed by atoms with E-state index in [1.165, 1.54) is 22.5 Å². The quantitative estimate of drug-likeness (QED) is 0.667. The molecule has 2 aromatic rings. The van der Waals surface area contributed by atoms with Crippen molar-refractivity contribution in [2.24, 2.45) is 5.84 Å². The van der Waals surface area contributed by atoms with E-state index in [-0.39, 0.29) is 0 Å². The zero-order valence-electron chi connectivity index (χ0n) is 10.2. The van der Waals surface area contributed by atoms with Crippen LogP contribution < -0.4 is 16.0 Å². The van der Waals surface area contributed by atoms with Gasteiger partial charge in [-0.2, -0.15) is 0 Å². The fourth-order valence-corrected chi connectivity index (χ4v) is 2.45. The molecule has 0 bridgehead atoms. The summed E-state index contributed by atoms with van der Waals surface area (Å²) in [5.41, 5.74) is 4.85. The van der Waals surface area contributed by atoms with Gasteiger partial charge >= 0.3 is 0 Å². The Morgan fingerprint density at radius 3 is 2.61 bits per heavy atom. The lowest BCUT2D eigenvalue weighted by Crippen LogP contribution is -2.05. The van der Waals surface area contributed by atoms with E-state index in [1.54, 1.807) is 6.20 Å². The zero-order chi connectivity index (χ0) is 13.1. The van der Waals surface area contributed by atoms with Crippen molar-refractivity contribution in [3.63, 3.8) is 0 Å². The maximum Gasteiger partial charge on any atom is 0.197 e. The average Bonchev–Trinajstić information content (AvgIpc) is 2.81. The summed E-state index contributed by atoms with van der Waals surface area (Å²) < 4.78 is 6.87. The molecule has 0 amide bonds. The van der Waals surface area contributed by atoms with Crippen LogP contribution in [-0.4, -0.2) is 4.98 Å². The lowest BCUT2D eigenvalue weighted by Gasteiger charge is -2.09. The van der Waals surface area contributed by atoms with Gasteiger partial charge in [-0.1, -0.05) is 27.3 Å². The van der Waals surface area contributed by atoms with Gasteiger partial charge in [-0.3, -0.25) is 5.43 Å². The zero-order valence-corrected chi connectivity index (χ0v) is 12.6. The van der Waals surface area contributed by atoms with Crippen LogP contribution in [-0.2, 0) is 6.61 Å². The molecule has 18 heavy (non-hydrogen) atoms. The summed E-state index contributed by atoms with van der Waals surface area (Å²) in [6, 6.07) is 4.03. The highest BCUT2D eigenvalue weighted by molar-refractivity contribution is 9.10. The van der Waals surface area contributed by atoms with E-state index < -0.39 is 0 Å². The Morgan fingerprint density at radius 2 is 2.06 bits per heavy atom. The van der Waals surface area contributed by atoms with E-state index in [9.17, 15) is 0 Å². The van der Waals surface area contributed by atoms with Crippen molar-refractivity contribution in [2.75, 3.05) is 5.43 Å². The Balaban J connectivity index is 2.06. The molecule has 0 saturated carbocycles. The van der Waals surface area contributed by atoms with Crippen LogP contribution in [0.5, 0.6) is 5.75 Å². The third-order valence-electron chi connectivity index (χ3n) is 2.47. The number of hydrazine groups is 1. The Kier molecular flexibility index (Phi) is 4.21. The molecule has 0 aliphatic carbocycles. The van der Waals surface area contributed by atoms with Crippen molar-refractivity contribution in [1.82, 2.24) is 4.98 Å². The van der Waals surface area contributed by atoms with Crippen molar-refractivity contribution < 1.29 is 4.74 Å². The highest BCUT2D eigenvalue weighted by Gasteiger charge is 2.05. The first kappa shape index (κ1) is 13.3. The number of anilines is 1. The first-order chi connectivity index (χ1) is 8.60. The fraction of sp³-hybridized carbons (Fsp3) is 0.250. The Morgan fingerprint density at radius 1 is 1.39 bits per heavy atom. The number of aromatic nitrogens is 1. The summed E-state index contributed by atoms with van der Waals surface area (Å²) in [7, 11) is 0. The molecule has 0 fully saturated rings. The first-order valence-electron chi connectivity index (χ1n) is 5.41. The van der Waals surface area contributed by atoms with Gasteiger partial charge in [-0.05, 0) is 37.1 Å². The number of rotatable bonds is 4. The van der Waals surface area contributed by atoms with Crippen LogP contribution in [0.3, 0.4) is 0 Å². The van der Waals surface area contributed by atoms with Crippen LogP contribution in [0.25, 0.3) is 0 Å². The second-order valence-electron chi connectivity index (χ2n) is 3.94. The highest BCUT2D eigenvalue weighted by Crippen LogP contribution is 2.27. The molecule has 1 aromatic heterocycles. The maximum absolute atomic E-state index is 5.75. The molecule has 0 saturated heterocycles. The Bertz CT molecular complexity index is 533. The number of ether oxygens (including phenoxy) is 1. The number of halogens is 1. The van der Waals surface area contributed by atoms with Crippen molar-refractivity contribution in [1.29, 1.82) is 0 Å². The number of benzene rings is 1. The summed E-state index contributed by atoms with van der Waals surface area (Å²) in [6.45, 7) is 4.60. The number of nitrogens with zero attached hydrogens (tertiary/aromatic N) is 1. The summed E-state index contributed by atoms with van der Waals surface area (Å²) in [5, 5.41) is 0.691. The van der Waals surface area contributed by atoms with E-state index >= 15 is 0 Å². The average molecular weight is 328 g/mol. The molecular weight excluding hydrogens is 314 g/mol. The molecule has 0 unspecified atom stereocenters. The third-order valence-corrected chi connectivity index (χ3v) is 4.62. The molecule has 0 spiro atoms. The highest BCUT2D eigenvalue weighted by atomic mass is 79.9. The number of aryl methyl sites for hydroxylation is 2. The minimum absolute atomic E-state index is 0.500. The predicted molar refractivity (Wildman–Crippen MR) is 77.9 cm³/mol. The van der Waals surface area contributed by atoms with Gasteiger partial charge in [0.1, 0.15) is 12.4 Å². The van der Waals surface area contributed by atoms with Crippen LogP contribution in [0.1, 0.15) is 16.0 Å². The Labute approximate surface area is 118 Å². The van der Waals surface area contributed by atoms with Crippen LogP contribution >= 0.6 is 27.3 Å². The van der Waals surface area contributed by atoms with Crippen molar-refractivity contribution in [3.8, 4) is 5.75 Å². The topological polar surface area (TPSA) is 60.2 Å². The van der Waals surface area contributed by atoms with Gasteiger partial charge in [-0.15, -0.1) is 0 Å². The van der Waals surface area contributed by atoms with Gasteiger partial charge in [0.15, 0.2) is 5.13 Å². The van der Waals surface area contributed by atoms with Gasteiger partial charge in [0.2, 0.25) is 0 Å². The monoisotopic (exact) mass is 327 g/mol. The molecule has 1 heterocycles. The van der Waals surface area contributed by atoms with Gasteiger partial charge in [0, 0.05) is 10.7 Å². The molecule has 0 atom stereocenters. The molecular formula is C12H14BrN3OS. The van der Waals surface area contributed by atoms with E-state index in [1.807, 2.05) is 26.0 Å². The molecule has 0 aliphatic rings. The minimum atomic E-state index is 0.500. The SMILES string of the molecule is Cc1cc(OCc2cnc(NN)s2)cc(C)c1Br. The van der Waals surface area contributed by atoms with Gasteiger partial charge < -0.3 is 4.74 Å². The molecule has 1 aromatic carbocycles. The second-order valence-corrected chi connectivity index (χ2v) is 5.84. The molecule has 2 rings (SSSR count). The Hall–Kier alpha value is -1.11. The number of nitrogen functional groups attached to an aromatic ring is 1. The third kappa shape index (κ3) is 3.01. The lowest BCUT2D eigenvalue weighted by molar-refractivity contribution is 0.309. The van der Waals surface area contributed by atoms with E-state index in [2.05, 4.69) is 26.3 Å². The summed E-state index contributed by atoms with van der Waals surface area (Å²) in [4.78, 5) is 5.12. The molecule has 6 heteroatoms. The van der Waals surface area contributed by atoms with E-state index in [4.69, 9.17) is 10.6 Å². The number of hydrogen-bond donors (Lipinski definition) is 2. The van der Waals surface area contributed by atoms with Crippen molar-refractivity contribution in [2.45, 2.75) is 20.5 Å². The van der Waals surface area contributed by atoms with E-state index in [0.717, 1.165) is 15.1 Å². The summed E-state index contributed by atoms with van der Waals surface area (Å²) >= 11 is 5.02. The number of nitrogens with two attached hydrogens (primary N) is 1. The van der Waals surface area contributed by atoms with Crippen molar-refractivity contribution in [3.05, 3.63) is 38.8 Å². The second kappa shape index (κ2) is 5.69. The molecule has 0 radical (unpaired) electrons. The largest absolute Gasteiger partial charge is 0.488 e. The maximum atomic E-state index is 5.75. The van der Waals surface area contributed by atoms with Gasteiger partial charge in [0.25, 0.3) is 0 Å². The lowest BCUT2D eigenvalue weighted by atomic mass is 10.1. The number of hydrogen-bond acceptors (Lipinski definition) is 5. The van der Waals surface area contributed by atoms with Crippen LogP contribution in [0, 0.1) is 13.8 Å². The van der Waals surface area contributed by atoms with Crippen molar-refractivity contribution >= 4 is 32.4 Å². The van der Waals surface area contributed by atoms with Crippen LogP contribution in [0.2, 0.25) is 0 Å². The molecule has 0 aliphatic heterocycles. The van der Waals surface area contributed by atoms with Crippen LogP contribution in [0.4, 0.5) is 5.13 Å². The predicted octanol–water partition coefficient (Wildman–Crippen LogP) is 3.39. The fourth-order valence-electron chi connectivity index (χ4n) is 1.58. The first-order valence-corrected chi connectivity index (χ1v) is 7.02. The normalized spacial score (nSPS) is 10.4. The minimum Gasteiger partial charge on any atom is -0.488 e. The standard InChI is InChI=1S/C12H14BrN3OS/c1-7-3-9(4-8(2)11(7)13)17-6-10-5-15-12(16-14)18-10/h3-5H,6,14H2,1-2H3,(H,15,16). The molecule has 96 valence electrons. The molecule has 4 nitrogen and oxygen atoms in total. The van der Waals surface area contributed by atoms with Gasteiger partial charge in [-0.25, -0.2) is 10.8 Å². The van der Waals surface area contributed by atoms with Gasteiger partial charge in [0.05, 0.1) is 4.88 Å². The number of nitrogens with one attached hydrogen (secondary N) is 1. The summed E-state index contributed by atoms with van der Waals surface area (Å²) in [6.07, 6.45) is 1.76. The van der Waals surface area contributed by atoms with E-state index in [0.29, 0.717) is 11.7 Å².